The molecule has 0 radical (unpaired) electrons. The largest absolute Gasteiger partial charge is 0.462 e. The van der Waals surface area contributed by atoms with Gasteiger partial charge in [-0.3, -0.25) is 9.59 Å². The second-order valence-corrected chi connectivity index (χ2v) is 5.19. The number of nitrogens with one attached hydrogen (secondary N) is 3. The van der Waals surface area contributed by atoms with E-state index in [1.165, 1.54) is 6.20 Å². The number of amides is 2. The molecule has 0 bridgehead atoms. The van der Waals surface area contributed by atoms with Crippen LogP contribution in [0.3, 0.4) is 0 Å². The summed E-state index contributed by atoms with van der Waals surface area (Å²) in [7, 11) is 0. The van der Waals surface area contributed by atoms with E-state index in [-0.39, 0.29) is 30.6 Å². The molecule has 2 aliphatic heterocycles. The van der Waals surface area contributed by atoms with E-state index < -0.39 is 17.8 Å². The minimum Gasteiger partial charge on any atom is -0.462 e. The first-order valence-electron chi connectivity index (χ1n) is 7.18. The van der Waals surface area contributed by atoms with Crippen LogP contribution in [0.25, 0.3) is 0 Å². The normalized spacial score (nSPS) is 20.1. The molecule has 1 unspecified atom stereocenters. The van der Waals surface area contributed by atoms with E-state index >= 15 is 0 Å². The first-order chi connectivity index (χ1) is 11.4. The molecule has 1 fully saturated rings. The summed E-state index contributed by atoms with van der Waals surface area (Å²) in [5.41, 5.74) is 0.213. The molecule has 1 atom stereocenters. The van der Waals surface area contributed by atoms with E-state index in [0.717, 1.165) is 12.2 Å². The van der Waals surface area contributed by atoms with Crippen molar-refractivity contribution < 1.29 is 28.7 Å². The molecule has 0 saturated carbocycles. The summed E-state index contributed by atoms with van der Waals surface area (Å²) in [4.78, 5) is 45.5. The van der Waals surface area contributed by atoms with Crippen LogP contribution in [0.5, 0.6) is 0 Å². The van der Waals surface area contributed by atoms with Gasteiger partial charge in [0.15, 0.2) is 0 Å². The highest BCUT2D eigenvalue weighted by Gasteiger charge is 2.22. The third-order valence-electron chi connectivity index (χ3n) is 3.23. The fourth-order valence-electron chi connectivity index (χ4n) is 1.96. The number of esters is 2. The fourth-order valence-corrected chi connectivity index (χ4v) is 1.96. The SMILES string of the molecule is C=C1NC=C(COC(=O)/C=C/C(=O)OCC2CNC(=O)C2)C(=O)N1. The van der Waals surface area contributed by atoms with Crippen molar-refractivity contribution in [3.05, 3.63) is 36.3 Å². The van der Waals surface area contributed by atoms with Gasteiger partial charge in [0.05, 0.1) is 12.2 Å². The Morgan fingerprint density at radius 3 is 2.58 bits per heavy atom. The topological polar surface area (TPSA) is 123 Å². The minimum atomic E-state index is -0.789. The first-order valence-corrected chi connectivity index (χ1v) is 7.18. The molecule has 0 spiro atoms. The van der Waals surface area contributed by atoms with Crippen molar-refractivity contribution in [3.8, 4) is 0 Å². The molecule has 2 rings (SSSR count). The van der Waals surface area contributed by atoms with E-state index in [4.69, 9.17) is 9.47 Å². The van der Waals surface area contributed by atoms with Gasteiger partial charge in [-0.05, 0) is 0 Å². The van der Waals surface area contributed by atoms with Gasteiger partial charge in [-0.15, -0.1) is 0 Å². The second-order valence-electron chi connectivity index (χ2n) is 5.19. The van der Waals surface area contributed by atoms with Gasteiger partial charge in [0, 0.05) is 37.2 Å². The molecule has 3 N–H and O–H groups in total. The average molecular weight is 335 g/mol. The van der Waals surface area contributed by atoms with Crippen molar-refractivity contribution in [3.63, 3.8) is 0 Å². The summed E-state index contributed by atoms with van der Waals surface area (Å²) >= 11 is 0. The van der Waals surface area contributed by atoms with Gasteiger partial charge in [0.25, 0.3) is 5.91 Å². The number of carbonyl (C=O) groups is 4. The monoisotopic (exact) mass is 335 g/mol. The van der Waals surface area contributed by atoms with Crippen LogP contribution in [-0.4, -0.2) is 43.5 Å². The van der Waals surface area contributed by atoms with E-state index in [1.807, 2.05) is 0 Å². The molecule has 24 heavy (non-hydrogen) atoms. The minimum absolute atomic E-state index is 0.0548. The Morgan fingerprint density at radius 2 is 1.96 bits per heavy atom. The molecular weight excluding hydrogens is 318 g/mol. The molecular formula is C15H17N3O6. The maximum atomic E-state index is 11.5. The van der Waals surface area contributed by atoms with Gasteiger partial charge in [-0.1, -0.05) is 6.58 Å². The van der Waals surface area contributed by atoms with Gasteiger partial charge in [-0.25, -0.2) is 9.59 Å². The lowest BCUT2D eigenvalue weighted by atomic mass is 10.1. The van der Waals surface area contributed by atoms with E-state index in [9.17, 15) is 19.2 Å². The van der Waals surface area contributed by atoms with Crippen molar-refractivity contribution >= 4 is 23.8 Å². The molecule has 2 heterocycles. The Labute approximate surface area is 137 Å². The Balaban J connectivity index is 1.68. The number of hydrogen-bond acceptors (Lipinski definition) is 7. The van der Waals surface area contributed by atoms with Gasteiger partial charge >= 0.3 is 11.9 Å². The zero-order chi connectivity index (χ0) is 17.5. The van der Waals surface area contributed by atoms with Crippen LogP contribution in [-0.2, 0) is 28.7 Å². The number of hydrogen-bond donors (Lipinski definition) is 3. The van der Waals surface area contributed by atoms with Crippen LogP contribution in [0.4, 0.5) is 0 Å². The smallest absolute Gasteiger partial charge is 0.331 e. The quantitative estimate of drug-likeness (QED) is 0.413. The summed E-state index contributed by atoms with van der Waals surface area (Å²) in [5, 5.41) is 7.73. The maximum absolute atomic E-state index is 11.5. The third kappa shape index (κ3) is 5.27. The van der Waals surface area contributed by atoms with Gasteiger partial charge in [0.1, 0.15) is 12.4 Å². The predicted molar refractivity (Wildman–Crippen MR) is 80.7 cm³/mol. The van der Waals surface area contributed by atoms with Crippen LogP contribution in [0.2, 0.25) is 0 Å². The Bertz CT molecular complexity index is 637. The molecule has 2 amide bonds. The fraction of sp³-hybridized carbons (Fsp3) is 0.333. The molecule has 9 nitrogen and oxygen atoms in total. The molecule has 0 aromatic heterocycles. The number of carbonyl (C=O) groups excluding carboxylic acids is 4. The van der Waals surface area contributed by atoms with Crippen molar-refractivity contribution in [2.45, 2.75) is 6.42 Å². The van der Waals surface area contributed by atoms with Crippen LogP contribution in [0.1, 0.15) is 6.42 Å². The third-order valence-corrected chi connectivity index (χ3v) is 3.23. The number of ether oxygens (including phenoxy) is 2. The highest BCUT2D eigenvalue weighted by atomic mass is 16.5. The predicted octanol–water partition coefficient (Wildman–Crippen LogP) is -1.16. The van der Waals surface area contributed by atoms with Crippen LogP contribution < -0.4 is 16.0 Å². The second kappa shape index (κ2) is 7.95. The molecule has 128 valence electrons. The Kier molecular flexibility index (Phi) is 5.72. The lowest BCUT2D eigenvalue weighted by Crippen LogP contribution is -2.36. The molecule has 1 saturated heterocycles. The summed E-state index contributed by atoms with van der Waals surface area (Å²) in [6.07, 6.45) is 3.54. The highest BCUT2D eigenvalue weighted by molar-refractivity contribution is 5.96. The zero-order valence-corrected chi connectivity index (χ0v) is 12.8. The van der Waals surface area contributed by atoms with E-state index in [2.05, 4.69) is 22.5 Å². The molecule has 2 aliphatic rings. The van der Waals surface area contributed by atoms with Crippen LogP contribution in [0, 0.1) is 5.92 Å². The van der Waals surface area contributed by atoms with Crippen molar-refractivity contribution in [1.29, 1.82) is 0 Å². The van der Waals surface area contributed by atoms with E-state index in [0.29, 0.717) is 18.8 Å². The first kappa shape index (κ1) is 17.3. The molecule has 0 aromatic carbocycles. The van der Waals surface area contributed by atoms with Gasteiger partial charge in [0.2, 0.25) is 5.91 Å². The number of rotatable bonds is 6. The summed E-state index contributed by atoms with van der Waals surface area (Å²) in [6, 6.07) is 0. The summed E-state index contributed by atoms with van der Waals surface area (Å²) in [5.74, 6) is -1.72. The van der Waals surface area contributed by atoms with Crippen molar-refractivity contribution in [2.24, 2.45) is 5.92 Å². The van der Waals surface area contributed by atoms with Crippen molar-refractivity contribution in [2.75, 3.05) is 19.8 Å². The van der Waals surface area contributed by atoms with Crippen LogP contribution in [0.15, 0.2) is 36.3 Å². The molecule has 0 aliphatic carbocycles. The van der Waals surface area contributed by atoms with Crippen molar-refractivity contribution in [1.82, 2.24) is 16.0 Å². The molecule has 9 heteroatoms. The summed E-state index contributed by atoms with van der Waals surface area (Å²) in [6.45, 7) is 3.83. The average Bonchev–Trinajstić information content (AvgIpc) is 2.95. The van der Waals surface area contributed by atoms with E-state index in [1.54, 1.807) is 0 Å². The molecule has 0 aromatic rings. The zero-order valence-electron chi connectivity index (χ0n) is 12.8. The maximum Gasteiger partial charge on any atom is 0.331 e. The Hall–Kier alpha value is -3.10. The van der Waals surface area contributed by atoms with Gasteiger partial charge < -0.3 is 25.4 Å². The lowest BCUT2D eigenvalue weighted by molar-refractivity contribution is -0.141. The van der Waals surface area contributed by atoms with Crippen LogP contribution >= 0.6 is 0 Å². The summed E-state index contributed by atoms with van der Waals surface area (Å²) < 4.78 is 9.77. The highest BCUT2D eigenvalue weighted by Crippen LogP contribution is 2.09. The Morgan fingerprint density at radius 1 is 1.25 bits per heavy atom. The van der Waals surface area contributed by atoms with Gasteiger partial charge in [-0.2, -0.15) is 0 Å². The standard InChI is InChI=1S/C15H17N3O6/c1-9-16-6-11(15(22)18-9)8-24-14(21)3-2-13(20)23-7-10-4-12(19)17-5-10/h2-3,6,10,16H,1,4-5,7-8H2,(H,17,19)(H,18,22)/b3-2+. The lowest BCUT2D eigenvalue weighted by Gasteiger charge is -2.16.